The van der Waals surface area contributed by atoms with Crippen molar-refractivity contribution < 1.29 is 9.47 Å². The normalized spacial score (nSPS) is 10.6. The highest BCUT2D eigenvalue weighted by Crippen LogP contribution is 2.39. The topological polar surface area (TPSA) is 108 Å². The van der Waals surface area contributed by atoms with Crippen molar-refractivity contribution in [2.75, 3.05) is 30.9 Å². The molecule has 0 saturated carbocycles. The van der Waals surface area contributed by atoms with Gasteiger partial charge in [-0.2, -0.15) is 4.98 Å². The minimum absolute atomic E-state index is 0.111. The van der Waals surface area contributed by atoms with E-state index in [4.69, 9.17) is 20.9 Å². The van der Waals surface area contributed by atoms with E-state index in [-0.39, 0.29) is 17.7 Å². The van der Waals surface area contributed by atoms with Crippen LogP contribution in [0.4, 0.5) is 17.5 Å². The van der Waals surface area contributed by atoms with Gasteiger partial charge in [-0.3, -0.25) is 0 Å². The molecule has 0 aliphatic heterocycles. The summed E-state index contributed by atoms with van der Waals surface area (Å²) in [5, 5.41) is 3.08. The first-order valence-electron chi connectivity index (χ1n) is 6.91. The number of benzene rings is 1. The summed E-state index contributed by atoms with van der Waals surface area (Å²) in [7, 11) is 3.45. The lowest BCUT2D eigenvalue weighted by molar-refractivity contribution is 0.413. The summed E-state index contributed by atoms with van der Waals surface area (Å²) in [6.07, 6.45) is 1.46. The Kier molecular flexibility index (Phi) is 4.55. The van der Waals surface area contributed by atoms with Crippen LogP contribution in [0.15, 0.2) is 18.3 Å². The highest BCUT2D eigenvalue weighted by atomic mass is 16.5. The lowest BCUT2D eigenvalue weighted by Crippen LogP contribution is -2.04. The van der Waals surface area contributed by atoms with Crippen molar-refractivity contribution in [3.63, 3.8) is 0 Å². The molecule has 0 radical (unpaired) electrons. The van der Waals surface area contributed by atoms with Gasteiger partial charge in [-0.05, 0) is 12.0 Å². The van der Waals surface area contributed by atoms with E-state index in [1.165, 1.54) is 6.20 Å². The number of ether oxygens (including phenoxy) is 2. The molecule has 2 aromatic rings. The number of nitrogens with two attached hydrogens (primary N) is 2. The summed E-state index contributed by atoms with van der Waals surface area (Å²) in [6, 6.07) is 3.81. The van der Waals surface area contributed by atoms with E-state index in [1.54, 1.807) is 7.11 Å². The van der Waals surface area contributed by atoms with Crippen molar-refractivity contribution in [3.05, 3.63) is 23.9 Å². The van der Waals surface area contributed by atoms with E-state index in [0.717, 1.165) is 17.0 Å². The lowest BCUT2D eigenvalue weighted by atomic mass is 10.0. The number of methoxy groups -OCH3 is 1. The Labute approximate surface area is 129 Å². The molecular formula is C15H21N5O2. The number of hydrogen-bond donors (Lipinski definition) is 3. The Balaban J connectivity index is 2.48. The van der Waals surface area contributed by atoms with Gasteiger partial charge < -0.3 is 26.3 Å². The third-order valence-corrected chi connectivity index (χ3v) is 3.24. The molecule has 0 aliphatic rings. The lowest BCUT2D eigenvalue weighted by Gasteiger charge is -2.18. The van der Waals surface area contributed by atoms with Crippen LogP contribution >= 0.6 is 0 Å². The van der Waals surface area contributed by atoms with Crippen molar-refractivity contribution in [2.45, 2.75) is 19.8 Å². The fourth-order valence-corrected chi connectivity index (χ4v) is 2.07. The average molecular weight is 303 g/mol. The van der Waals surface area contributed by atoms with E-state index in [9.17, 15) is 0 Å². The van der Waals surface area contributed by atoms with Gasteiger partial charge in [0.05, 0.1) is 19.0 Å². The molecule has 0 amide bonds. The van der Waals surface area contributed by atoms with Gasteiger partial charge in [0, 0.05) is 18.7 Å². The van der Waals surface area contributed by atoms with Gasteiger partial charge >= 0.3 is 0 Å². The molecule has 22 heavy (non-hydrogen) atoms. The number of rotatable bonds is 5. The van der Waals surface area contributed by atoms with Gasteiger partial charge in [0.1, 0.15) is 11.5 Å². The number of nitrogen functional groups attached to an aromatic ring is 2. The Morgan fingerprint density at radius 2 is 1.86 bits per heavy atom. The van der Waals surface area contributed by atoms with Crippen molar-refractivity contribution in [1.82, 2.24) is 9.97 Å². The fourth-order valence-electron chi connectivity index (χ4n) is 2.07. The molecule has 7 heteroatoms. The van der Waals surface area contributed by atoms with E-state index in [1.807, 2.05) is 19.2 Å². The summed E-state index contributed by atoms with van der Waals surface area (Å²) < 4.78 is 11.3. The van der Waals surface area contributed by atoms with Crippen molar-refractivity contribution in [1.29, 1.82) is 0 Å². The standard InChI is InChI=1S/C15H21N5O2/c1-8(2)9-5-12(21-4)10(18-3)6-11(9)22-13-7-19-15(17)20-14(13)16/h5-8,18H,1-4H3,(H4,16,17,19,20). The molecule has 0 fully saturated rings. The van der Waals surface area contributed by atoms with Gasteiger partial charge in [-0.1, -0.05) is 13.8 Å². The molecule has 0 unspecified atom stereocenters. The Morgan fingerprint density at radius 3 is 2.41 bits per heavy atom. The third kappa shape index (κ3) is 3.13. The smallest absolute Gasteiger partial charge is 0.222 e. The predicted molar refractivity (Wildman–Crippen MR) is 87.6 cm³/mol. The molecule has 5 N–H and O–H groups in total. The van der Waals surface area contributed by atoms with Crippen molar-refractivity contribution in [2.24, 2.45) is 0 Å². The zero-order valence-corrected chi connectivity index (χ0v) is 13.2. The van der Waals surface area contributed by atoms with Crippen LogP contribution in [0.2, 0.25) is 0 Å². The van der Waals surface area contributed by atoms with Crippen LogP contribution in [0, 0.1) is 0 Å². The molecule has 0 saturated heterocycles. The van der Waals surface area contributed by atoms with Gasteiger partial charge in [0.25, 0.3) is 0 Å². The summed E-state index contributed by atoms with van der Waals surface area (Å²) in [6.45, 7) is 4.15. The second kappa shape index (κ2) is 6.38. The molecule has 1 heterocycles. The second-order valence-electron chi connectivity index (χ2n) is 5.07. The molecule has 118 valence electrons. The minimum atomic E-state index is 0.111. The van der Waals surface area contributed by atoms with Gasteiger partial charge in [-0.25, -0.2) is 4.98 Å². The van der Waals surface area contributed by atoms with Crippen molar-refractivity contribution in [3.8, 4) is 17.2 Å². The fraction of sp³-hybridized carbons (Fsp3) is 0.333. The molecular weight excluding hydrogens is 282 g/mol. The average Bonchev–Trinajstić information content (AvgIpc) is 2.49. The Hall–Kier alpha value is -2.70. The van der Waals surface area contributed by atoms with E-state index >= 15 is 0 Å². The largest absolute Gasteiger partial charge is 0.495 e. The maximum atomic E-state index is 5.90. The van der Waals surface area contributed by atoms with Crippen LogP contribution in [0.3, 0.4) is 0 Å². The number of nitrogens with zero attached hydrogens (tertiary/aromatic N) is 2. The molecule has 0 bridgehead atoms. The first-order valence-corrected chi connectivity index (χ1v) is 6.91. The summed E-state index contributed by atoms with van der Waals surface area (Å²) in [5.41, 5.74) is 13.1. The molecule has 0 aliphatic carbocycles. The summed E-state index contributed by atoms with van der Waals surface area (Å²) >= 11 is 0. The predicted octanol–water partition coefficient (Wildman–Crippen LogP) is 2.61. The van der Waals surface area contributed by atoms with Crippen LogP contribution in [-0.4, -0.2) is 24.1 Å². The number of hydrogen-bond acceptors (Lipinski definition) is 7. The molecule has 1 aromatic carbocycles. The second-order valence-corrected chi connectivity index (χ2v) is 5.07. The van der Waals surface area contributed by atoms with E-state index in [2.05, 4.69) is 29.1 Å². The van der Waals surface area contributed by atoms with Gasteiger partial charge in [-0.15, -0.1) is 0 Å². The first kappa shape index (κ1) is 15.7. The molecule has 0 atom stereocenters. The highest BCUT2D eigenvalue weighted by Gasteiger charge is 2.16. The Morgan fingerprint density at radius 1 is 1.14 bits per heavy atom. The van der Waals surface area contributed by atoms with Crippen molar-refractivity contribution >= 4 is 17.5 Å². The molecule has 0 spiro atoms. The molecule has 2 rings (SSSR count). The first-order chi connectivity index (χ1) is 10.5. The quantitative estimate of drug-likeness (QED) is 0.779. The maximum absolute atomic E-state index is 5.90. The van der Waals surface area contributed by atoms with Gasteiger partial charge in [0.15, 0.2) is 11.6 Å². The molecule has 1 aromatic heterocycles. The van der Waals surface area contributed by atoms with Crippen LogP contribution in [0.1, 0.15) is 25.3 Å². The minimum Gasteiger partial charge on any atom is -0.495 e. The van der Waals surface area contributed by atoms with E-state index in [0.29, 0.717) is 11.5 Å². The molecule has 7 nitrogen and oxygen atoms in total. The summed E-state index contributed by atoms with van der Waals surface area (Å²) in [4.78, 5) is 7.81. The third-order valence-electron chi connectivity index (χ3n) is 3.24. The monoisotopic (exact) mass is 303 g/mol. The number of aromatic nitrogens is 2. The van der Waals surface area contributed by atoms with Crippen LogP contribution < -0.4 is 26.3 Å². The number of anilines is 3. The summed E-state index contributed by atoms with van der Waals surface area (Å²) in [5.74, 6) is 2.33. The maximum Gasteiger partial charge on any atom is 0.222 e. The highest BCUT2D eigenvalue weighted by molar-refractivity contribution is 5.63. The van der Waals surface area contributed by atoms with Crippen LogP contribution in [-0.2, 0) is 0 Å². The zero-order chi connectivity index (χ0) is 16.3. The van der Waals surface area contributed by atoms with Gasteiger partial charge in [0.2, 0.25) is 5.95 Å². The Bertz CT molecular complexity index is 673. The van der Waals surface area contributed by atoms with E-state index < -0.39 is 0 Å². The van der Waals surface area contributed by atoms with Crippen LogP contribution in [0.25, 0.3) is 0 Å². The SMILES string of the molecule is CNc1cc(Oc2cnc(N)nc2N)c(C(C)C)cc1OC. The zero-order valence-electron chi connectivity index (χ0n) is 13.2. The van der Waals surface area contributed by atoms with Crippen LogP contribution in [0.5, 0.6) is 17.2 Å². The number of nitrogens with one attached hydrogen (secondary N) is 1.